The van der Waals surface area contributed by atoms with Gasteiger partial charge in [0.2, 0.25) is 5.91 Å². The van der Waals surface area contributed by atoms with E-state index in [0.29, 0.717) is 25.5 Å². The Bertz CT molecular complexity index is 1310. The van der Waals surface area contributed by atoms with E-state index in [2.05, 4.69) is 24.0 Å². The summed E-state index contributed by atoms with van der Waals surface area (Å²) < 4.78 is 11.6. The standard InChI is InChI=1S/C34H43ClN2O5.C2H6/c1-4-7-22-16-26(35)11-13-27(22)25-20-37-19-24-9-12-28(24)31(38)8-5-6-15-36(2)33(39)18-29(34(40)41-3)23-10-14-32(42-21-25)30(37)17-23;1-2/h5,8,10-11,13-14,16-17,24-25,28-29,31,38H,4,6-7,9,12,15,18-21H2,1-3H3;1-2H3/b8-5+;. The van der Waals surface area contributed by atoms with Gasteiger partial charge in [0.25, 0.3) is 0 Å². The predicted molar refractivity (Wildman–Crippen MR) is 177 cm³/mol. The third-order valence-corrected chi connectivity index (χ3v) is 9.53. The van der Waals surface area contributed by atoms with Crippen molar-refractivity contribution in [1.82, 2.24) is 4.90 Å². The first-order valence-corrected chi connectivity index (χ1v) is 16.6. The third-order valence-electron chi connectivity index (χ3n) is 9.30. The fourth-order valence-electron chi connectivity index (χ4n) is 6.68. The summed E-state index contributed by atoms with van der Waals surface area (Å²) in [5.41, 5.74) is 4.15. The molecule has 1 aliphatic carbocycles. The second-order valence-corrected chi connectivity index (χ2v) is 12.5. The van der Waals surface area contributed by atoms with Gasteiger partial charge in [0.15, 0.2) is 0 Å². The Morgan fingerprint density at radius 2 is 1.93 bits per heavy atom. The molecule has 2 aliphatic heterocycles. The summed E-state index contributed by atoms with van der Waals surface area (Å²) in [5.74, 6) is 0.108. The van der Waals surface area contributed by atoms with E-state index in [1.54, 1.807) is 11.9 Å². The number of benzene rings is 2. The van der Waals surface area contributed by atoms with E-state index < -0.39 is 18.0 Å². The maximum absolute atomic E-state index is 13.2. The number of hydrogen-bond donors (Lipinski definition) is 1. The minimum Gasteiger partial charge on any atom is -0.491 e. The van der Waals surface area contributed by atoms with E-state index >= 15 is 0 Å². The normalized spacial score (nSPS) is 26.2. The summed E-state index contributed by atoms with van der Waals surface area (Å²) in [6.07, 6.45) is 8.01. The van der Waals surface area contributed by atoms with Crippen LogP contribution in [0.2, 0.25) is 5.02 Å². The number of carbonyl (C=O) groups is 2. The zero-order chi connectivity index (χ0) is 31.8. The van der Waals surface area contributed by atoms with Gasteiger partial charge in [0.05, 0.1) is 31.4 Å². The number of fused-ring (bicyclic) bond motifs is 2. The number of amides is 1. The van der Waals surface area contributed by atoms with Crippen LogP contribution in [0.25, 0.3) is 0 Å². The number of aliphatic hydroxyl groups excluding tert-OH is 1. The molecule has 7 nitrogen and oxygen atoms in total. The van der Waals surface area contributed by atoms with Crippen molar-refractivity contribution in [2.24, 2.45) is 11.8 Å². The molecule has 5 atom stereocenters. The van der Waals surface area contributed by atoms with Crippen LogP contribution in [0.1, 0.15) is 81.4 Å². The second kappa shape index (κ2) is 15.8. The molecule has 1 N–H and O–H groups in total. The summed E-state index contributed by atoms with van der Waals surface area (Å²) in [6, 6.07) is 12.0. The SMILES string of the molecule is CC.CCCc1cc(Cl)ccc1C1COc2ccc3cc2N(C1)CC1CCC1C(O)/C=C/CCN(C)C(=O)CC3C(=O)OC. The van der Waals surface area contributed by atoms with Crippen LogP contribution in [-0.4, -0.2) is 68.4 Å². The lowest BCUT2D eigenvalue weighted by Crippen LogP contribution is -2.44. The summed E-state index contributed by atoms with van der Waals surface area (Å²) in [7, 11) is 3.12. The summed E-state index contributed by atoms with van der Waals surface area (Å²) in [4.78, 5) is 30.2. The van der Waals surface area contributed by atoms with E-state index in [4.69, 9.17) is 21.1 Å². The Labute approximate surface area is 268 Å². The number of hydrogen-bond acceptors (Lipinski definition) is 6. The zero-order valence-electron chi connectivity index (χ0n) is 26.9. The smallest absolute Gasteiger partial charge is 0.313 e. The van der Waals surface area contributed by atoms with Gasteiger partial charge in [-0.2, -0.15) is 0 Å². The van der Waals surface area contributed by atoms with Gasteiger partial charge in [0.1, 0.15) is 5.75 Å². The van der Waals surface area contributed by atoms with Crippen molar-refractivity contribution in [3.05, 3.63) is 70.3 Å². The number of carbonyl (C=O) groups excluding carboxylic acids is 2. The molecule has 5 rings (SSSR count). The molecule has 8 heteroatoms. The molecule has 0 saturated heterocycles. The van der Waals surface area contributed by atoms with Crippen LogP contribution >= 0.6 is 11.6 Å². The van der Waals surface area contributed by atoms with Gasteiger partial charge in [-0.25, -0.2) is 0 Å². The second-order valence-electron chi connectivity index (χ2n) is 12.0. The highest BCUT2D eigenvalue weighted by atomic mass is 35.5. The van der Waals surface area contributed by atoms with E-state index in [-0.39, 0.29) is 24.2 Å². The topological polar surface area (TPSA) is 79.3 Å². The molecule has 44 heavy (non-hydrogen) atoms. The monoisotopic (exact) mass is 624 g/mol. The largest absolute Gasteiger partial charge is 0.491 e. The van der Waals surface area contributed by atoms with Gasteiger partial charge in [-0.15, -0.1) is 0 Å². The van der Waals surface area contributed by atoms with Crippen LogP contribution in [0.15, 0.2) is 48.6 Å². The van der Waals surface area contributed by atoms with Crippen molar-refractivity contribution in [1.29, 1.82) is 0 Å². The fourth-order valence-corrected chi connectivity index (χ4v) is 6.88. The Morgan fingerprint density at radius 3 is 2.64 bits per heavy atom. The maximum atomic E-state index is 13.2. The fraction of sp³-hybridized carbons (Fsp3) is 0.556. The number of nitrogens with zero attached hydrogens (tertiary/aromatic N) is 2. The Balaban J connectivity index is 0.00000216. The molecule has 0 radical (unpaired) electrons. The Kier molecular flexibility index (Phi) is 12.2. The number of halogens is 1. The van der Waals surface area contributed by atoms with E-state index in [9.17, 15) is 14.7 Å². The number of aliphatic hydroxyl groups is 1. The summed E-state index contributed by atoms with van der Waals surface area (Å²) in [6.45, 7) is 8.71. The van der Waals surface area contributed by atoms with Crippen LogP contribution in [0.4, 0.5) is 5.69 Å². The average molecular weight is 625 g/mol. The predicted octanol–water partition coefficient (Wildman–Crippen LogP) is 6.75. The highest BCUT2D eigenvalue weighted by molar-refractivity contribution is 6.30. The number of esters is 1. The molecule has 2 heterocycles. The van der Waals surface area contributed by atoms with Crippen molar-refractivity contribution in [2.45, 2.75) is 77.2 Å². The molecule has 2 aromatic rings. The number of methoxy groups -OCH3 is 1. The molecular weight excluding hydrogens is 576 g/mol. The highest BCUT2D eigenvalue weighted by Gasteiger charge is 2.38. The molecule has 1 saturated carbocycles. The number of ether oxygens (including phenoxy) is 2. The van der Waals surface area contributed by atoms with Gasteiger partial charge in [-0.05, 0) is 78.5 Å². The molecule has 240 valence electrons. The van der Waals surface area contributed by atoms with E-state index in [1.807, 2.05) is 50.3 Å². The minimum absolute atomic E-state index is 0.0215. The first-order valence-electron chi connectivity index (χ1n) is 16.3. The number of aryl methyl sites for hydroxylation is 1. The van der Waals surface area contributed by atoms with Gasteiger partial charge >= 0.3 is 5.97 Å². The highest BCUT2D eigenvalue weighted by Crippen LogP contribution is 2.43. The summed E-state index contributed by atoms with van der Waals surface area (Å²) >= 11 is 6.40. The van der Waals surface area contributed by atoms with Gasteiger partial charge < -0.3 is 24.4 Å². The third kappa shape index (κ3) is 7.78. The molecule has 2 bridgehead atoms. The molecule has 1 fully saturated rings. The van der Waals surface area contributed by atoms with Gasteiger partial charge in [0, 0.05) is 44.0 Å². The van der Waals surface area contributed by atoms with Crippen molar-refractivity contribution < 1.29 is 24.2 Å². The maximum Gasteiger partial charge on any atom is 0.313 e. The Hall–Kier alpha value is -3.03. The van der Waals surface area contributed by atoms with Crippen LogP contribution in [0.3, 0.4) is 0 Å². The van der Waals surface area contributed by atoms with Crippen LogP contribution in [0.5, 0.6) is 5.75 Å². The number of anilines is 1. The minimum atomic E-state index is -0.717. The molecule has 5 unspecified atom stereocenters. The van der Waals surface area contributed by atoms with E-state index in [1.165, 1.54) is 18.2 Å². The zero-order valence-corrected chi connectivity index (χ0v) is 27.7. The van der Waals surface area contributed by atoms with Crippen molar-refractivity contribution in [3.63, 3.8) is 0 Å². The molecule has 2 aromatic carbocycles. The molecule has 3 aliphatic rings. The first-order chi connectivity index (χ1) is 21.3. The van der Waals surface area contributed by atoms with Crippen molar-refractivity contribution in [2.75, 3.05) is 45.3 Å². The lowest BCUT2D eigenvalue weighted by molar-refractivity contribution is -0.145. The van der Waals surface area contributed by atoms with Crippen LogP contribution < -0.4 is 9.64 Å². The Morgan fingerprint density at radius 1 is 1.14 bits per heavy atom. The summed E-state index contributed by atoms with van der Waals surface area (Å²) in [5, 5.41) is 11.8. The van der Waals surface area contributed by atoms with Crippen LogP contribution in [0, 0.1) is 11.8 Å². The molecule has 1 amide bonds. The molecule has 0 aromatic heterocycles. The quantitative estimate of drug-likeness (QED) is 0.299. The first kappa shape index (κ1) is 33.9. The molecule has 0 spiro atoms. The van der Waals surface area contributed by atoms with Crippen molar-refractivity contribution >= 4 is 29.2 Å². The lowest BCUT2D eigenvalue weighted by Gasteiger charge is -2.42. The van der Waals surface area contributed by atoms with E-state index in [0.717, 1.165) is 60.8 Å². The lowest BCUT2D eigenvalue weighted by atomic mass is 9.70. The number of rotatable bonds is 4. The van der Waals surface area contributed by atoms with Crippen LogP contribution in [-0.2, 0) is 20.7 Å². The molecular formula is C36H49ClN2O5. The van der Waals surface area contributed by atoms with Gasteiger partial charge in [-0.1, -0.05) is 63.1 Å². The van der Waals surface area contributed by atoms with Gasteiger partial charge in [-0.3, -0.25) is 9.59 Å². The van der Waals surface area contributed by atoms with Crippen molar-refractivity contribution in [3.8, 4) is 5.75 Å². The average Bonchev–Trinajstić information content (AvgIpc) is 3.19.